The van der Waals surface area contributed by atoms with Gasteiger partial charge in [-0.2, -0.15) is 0 Å². The number of rotatable bonds is 4. The Bertz CT molecular complexity index is 565. The first-order valence-electron chi connectivity index (χ1n) is 6.23. The molecule has 2 aromatic carbocycles. The van der Waals surface area contributed by atoms with Gasteiger partial charge in [-0.1, -0.05) is 37.3 Å². The number of hydrogen-bond acceptors (Lipinski definition) is 2. The molecule has 96 valence electrons. The summed E-state index contributed by atoms with van der Waals surface area (Å²) in [4.78, 5) is 0.891. The third-order valence-electron chi connectivity index (χ3n) is 3.02. The number of nitrogens with two attached hydrogens (primary N) is 1. The minimum Gasteiger partial charge on any atom is -0.328 e. The first-order valence-corrected chi connectivity index (χ1v) is 7.44. The molecule has 18 heavy (non-hydrogen) atoms. The largest absolute Gasteiger partial charge is 0.328 e. The summed E-state index contributed by atoms with van der Waals surface area (Å²) in [6, 6.07) is 14.2. The van der Waals surface area contributed by atoms with Crippen molar-refractivity contribution in [3.05, 3.63) is 42.5 Å². The van der Waals surface area contributed by atoms with Crippen LogP contribution in [0.3, 0.4) is 0 Å². The zero-order valence-electron chi connectivity index (χ0n) is 10.8. The highest BCUT2D eigenvalue weighted by Gasteiger charge is 2.15. The van der Waals surface area contributed by atoms with Gasteiger partial charge in [-0.3, -0.25) is 4.21 Å². The summed E-state index contributed by atoms with van der Waals surface area (Å²) >= 11 is 0. The normalized spacial score (nSPS) is 16.4. The van der Waals surface area contributed by atoms with Crippen molar-refractivity contribution in [2.45, 2.75) is 36.5 Å². The Kier molecular flexibility index (Phi) is 4.15. The van der Waals surface area contributed by atoms with E-state index in [4.69, 9.17) is 5.73 Å². The lowest BCUT2D eigenvalue weighted by Crippen LogP contribution is -2.24. The van der Waals surface area contributed by atoms with E-state index in [1.807, 2.05) is 50.2 Å². The fourth-order valence-corrected chi connectivity index (χ4v) is 3.52. The van der Waals surface area contributed by atoms with Crippen LogP contribution in [0, 0.1) is 0 Å². The quantitative estimate of drug-likeness (QED) is 0.919. The van der Waals surface area contributed by atoms with Crippen molar-refractivity contribution < 1.29 is 4.21 Å². The van der Waals surface area contributed by atoms with Crippen molar-refractivity contribution in [1.29, 1.82) is 0 Å². The minimum atomic E-state index is -0.985. The molecule has 0 aliphatic heterocycles. The molecule has 3 heteroatoms. The molecule has 0 saturated heterocycles. The molecule has 0 saturated carbocycles. The van der Waals surface area contributed by atoms with Gasteiger partial charge in [0, 0.05) is 16.2 Å². The Morgan fingerprint density at radius 3 is 2.44 bits per heavy atom. The average molecular weight is 261 g/mol. The summed E-state index contributed by atoms with van der Waals surface area (Å²) in [5.74, 6) is 0. The molecule has 0 spiro atoms. The molecule has 0 aliphatic carbocycles. The molecular weight excluding hydrogens is 242 g/mol. The fraction of sp³-hybridized carbons (Fsp3) is 0.333. The number of benzene rings is 2. The number of hydrogen-bond donors (Lipinski definition) is 1. The smallest absolute Gasteiger partial charge is 0.0558 e. The van der Waals surface area contributed by atoms with Gasteiger partial charge in [-0.25, -0.2) is 0 Å². The topological polar surface area (TPSA) is 43.1 Å². The van der Waals surface area contributed by atoms with E-state index in [1.165, 1.54) is 5.39 Å². The van der Waals surface area contributed by atoms with Crippen LogP contribution in [0.15, 0.2) is 47.4 Å². The van der Waals surface area contributed by atoms with Crippen LogP contribution in [0.5, 0.6) is 0 Å². The lowest BCUT2D eigenvalue weighted by Gasteiger charge is -2.14. The molecule has 0 radical (unpaired) electrons. The third-order valence-corrected chi connectivity index (χ3v) is 4.66. The lowest BCUT2D eigenvalue weighted by molar-refractivity contribution is 0.628. The van der Waals surface area contributed by atoms with Gasteiger partial charge in [0.15, 0.2) is 0 Å². The second kappa shape index (κ2) is 5.63. The molecular formula is C15H19NOS. The SMILES string of the molecule is CC(N)CC(C)S(=O)c1ccc2ccccc2c1. The first kappa shape index (κ1) is 13.2. The highest BCUT2D eigenvalue weighted by atomic mass is 32.2. The second-order valence-corrected chi connectivity index (χ2v) is 6.70. The molecule has 0 fully saturated rings. The van der Waals surface area contributed by atoms with E-state index in [0.29, 0.717) is 0 Å². The maximum Gasteiger partial charge on any atom is 0.0558 e. The van der Waals surface area contributed by atoms with E-state index in [1.54, 1.807) is 0 Å². The molecule has 0 bridgehead atoms. The average Bonchev–Trinajstić information content (AvgIpc) is 2.36. The molecule has 0 heterocycles. The Labute approximate surface area is 111 Å². The summed E-state index contributed by atoms with van der Waals surface area (Å²) in [5, 5.41) is 2.40. The second-order valence-electron chi connectivity index (χ2n) is 4.83. The van der Waals surface area contributed by atoms with E-state index in [-0.39, 0.29) is 11.3 Å². The van der Waals surface area contributed by atoms with Crippen molar-refractivity contribution in [3.8, 4) is 0 Å². The minimum absolute atomic E-state index is 0.0874. The van der Waals surface area contributed by atoms with Crippen LogP contribution in [-0.2, 0) is 10.8 Å². The monoisotopic (exact) mass is 261 g/mol. The van der Waals surface area contributed by atoms with Crippen molar-refractivity contribution in [3.63, 3.8) is 0 Å². The van der Waals surface area contributed by atoms with Gasteiger partial charge in [-0.05, 0) is 36.2 Å². The first-order chi connectivity index (χ1) is 8.58. The van der Waals surface area contributed by atoms with Crippen molar-refractivity contribution >= 4 is 21.6 Å². The Hall–Kier alpha value is -1.19. The molecule has 2 N–H and O–H groups in total. The molecule has 0 amide bonds. The molecule has 2 aromatic rings. The Morgan fingerprint density at radius 2 is 1.78 bits per heavy atom. The van der Waals surface area contributed by atoms with E-state index >= 15 is 0 Å². The summed E-state index contributed by atoms with van der Waals surface area (Å²) in [6.45, 7) is 3.95. The molecule has 2 nitrogen and oxygen atoms in total. The zero-order valence-corrected chi connectivity index (χ0v) is 11.6. The van der Waals surface area contributed by atoms with Gasteiger partial charge in [0.1, 0.15) is 0 Å². The Morgan fingerprint density at radius 1 is 1.11 bits per heavy atom. The summed E-state index contributed by atoms with van der Waals surface area (Å²) in [6.07, 6.45) is 0.777. The molecule has 3 unspecified atom stereocenters. The highest BCUT2D eigenvalue weighted by molar-refractivity contribution is 7.85. The van der Waals surface area contributed by atoms with E-state index in [0.717, 1.165) is 16.7 Å². The van der Waals surface area contributed by atoms with E-state index < -0.39 is 10.8 Å². The van der Waals surface area contributed by atoms with Gasteiger partial charge < -0.3 is 5.73 Å². The number of fused-ring (bicyclic) bond motifs is 1. The van der Waals surface area contributed by atoms with Crippen LogP contribution in [0.1, 0.15) is 20.3 Å². The molecule has 0 aliphatic rings. The summed E-state index contributed by atoms with van der Waals surface area (Å²) < 4.78 is 12.4. The molecule has 0 aromatic heterocycles. The zero-order chi connectivity index (χ0) is 13.1. The van der Waals surface area contributed by atoms with Gasteiger partial charge in [-0.15, -0.1) is 0 Å². The van der Waals surface area contributed by atoms with Crippen LogP contribution < -0.4 is 5.73 Å². The van der Waals surface area contributed by atoms with Gasteiger partial charge in [0.05, 0.1) is 10.8 Å². The fourth-order valence-electron chi connectivity index (χ4n) is 2.14. The van der Waals surface area contributed by atoms with Crippen molar-refractivity contribution in [2.24, 2.45) is 5.73 Å². The van der Waals surface area contributed by atoms with Crippen LogP contribution in [0.2, 0.25) is 0 Å². The molecule has 3 atom stereocenters. The van der Waals surface area contributed by atoms with E-state index in [2.05, 4.69) is 6.07 Å². The van der Waals surface area contributed by atoms with Gasteiger partial charge in [0.25, 0.3) is 0 Å². The van der Waals surface area contributed by atoms with Crippen LogP contribution in [-0.4, -0.2) is 15.5 Å². The van der Waals surface area contributed by atoms with Crippen molar-refractivity contribution in [2.75, 3.05) is 0 Å². The van der Waals surface area contributed by atoms with Crippen LogP contribution >= 0.6 is 0 Å². The maximum atomic E-state index is 12.4. The highest BCUT2D eigenvalue weighted by Crippen LogP contribution is 2.20. The third kappa shape index (κ3) is 2.98. The summed E-state index contributed by atoms with van der Waals surface area (Å²) in [5.41, 5.74) is 5.77. The predicted molar refractivity (Wildman–Crippen MR) is 78.1 cm³/mol. The predicted octanol–water partition coefficient (Wildman–Crippen LogP) is 3.07. The molecule has 2 rings (SSSR count). The lowest BCUT2D eigenvalue weighted by atomic mass is 10.1. The standard InChI is InChI=1S/C15H19NOS/c1-11(16)9-12(2)18(17)15-8-7-13-5-3-4-6-14(13)10-15/h3-8,10-12H,9,16H2,1-2H3. The van der Waals surface area contributed by atoms with Crippen LogP contribution in [0.4, 0.5) is 0 Å². The van der Waals surface area contributed by atoms with Gasteiger partial charge in [0.2, 0.25) is 0 Å². The van der Waals surface area contributed by atoms with Crippen LogP contribution in [0.25, 0.3) is 10.8 Å². The Balaban J connectivity index is 2.28. The van der Waals surface area contributed by atoms with E-state index in [9.17, 15) is 4.21 Å². The summed E-state index contributed by atoms with van der Waals surface area (Å²) in [7, 11) is -0.985. The van der Waals surface area contributed by atoms with Gasteiger partial charge >= 0.3 is 0 Å². The van der Waals surface area contributed by atoms with Crippen molar-refractivity contribution in [1.82, 2.24) is 0 Å². The maximum absolute atomic E-state index is 12.4.